The van der Waals surface area contributed by atoms with Gasteiger partial charge in [0.25, 0.3) is 0 Å². The van der Waals surface area contributed by atoms with Crippen molar-refractivity contribution in [2.24, 2.45) is 0 Å². The molecule has 0 heterocycles. The Bertz CT molecular complexity index is 263. The molecule has 6 nitrogen and oxygen atoms in total. The molecule has 0 bridgehead atoms. The number of aliphatic hydroxyl groups is 1. The molecule has 0 saturated carbocycles. The molecule has 2 amide bonds. The third-order valence-electron chi connectivity index (χ3n) is 2.45. The minimum Gasteiger partial charge on any atom is -0.479 e. The lowest BCUT2D eigenvalue weighted by Gasteiger charge is -2.25. The summed E-state index contributed by atoms with van der Waals surface area (Å²) in [5.74, 6) is -0.389. The Labute approximate surface area is 105 Å². The minimum atomic E-state index is -1.56. The van der Waals surface area contributed by atoms with Gasteiger partial charge in [0, 0.05) is 13.1 Å². The van der Waals surface area contributed by atoms with Gasteiger partial charge in [-0.1, -0.05) is 0 Å². The summed E-state index contributed by atoms with van der Waals surface area (Å²) in [6.45, 7) is 1.64. The Kier molecular flexibility index (Phi) is 7.73. The maximum Gasteiger partial charge on any atom is 0.334 e. The van der Waals surface area contributed by atoms with E-state index >= 15 is 0 Å². The largest absolute Gasteiger partial charge is 0.479 e. The van der Waals surface area contributed by atoms with Crippen LogP contribution in [0.15, 0.2) is 0 Å². The van der Waals surface area contributed by atoms with Crippen LogP contribution in [0.3, 0.4) is 0 Å². The Morgan fingerprint density at radius 3 is 2.53 bits per heavy atom. The van der Waals surface area contributed by atoms with Crippen LogP contribution in [-0.2, 0) is 4.79 Å². The standard InChI is InChI=1S/C10H20N2O4S/c1-7(4-5-17-3)12(2)10(16)11-6-8(13)9(14)15/h7-8,13H,4-6H2,1-3H3,(H,11,16)(H,14,15). The number of nitrogens with zero attached hydrogens (tertiary/aromatic N) is 1. The molecule has 0 radical (unpaired) electrons. The fraction of sp³-hybridized carbons (Fsp3) is 0.800. The number of thioether (sulfide) groups is 1. The van der Waals surface area contributed by atoms with Crippen molar-refractivity contribution in [1.29, 1.82) is 0 Å². The van der Waals surface area contributed by atoms with Crippen molar-refractivity contribution in [1.82, 2.24) is 10.2 Å². The van der Waals surface area contributed by atoms with E-state index in [1.54, 1.807) is 18.8 Å². The smallest absolute Gasteiger partial charge is 0.334 e. The van der Waals surface area contributed by atoms with E-state index in [0.29, 0.717) is 0 Å². The van der Waals surface area contributed by atoms with E-state index in [1.807, 2.05) is 13.2 Å². The summed E-state index contributed by atoms with van der Waals surface area (Å²) in [5, 5.41) is 19.8. The zero-order chi connectivity index (χ0) is 13.4. The normalized spacial score (nSPS) is 13.9. The highest BCUT2D eigenvalue weighted by molar-refractivity contribution is 7.98. The van der Waals surface area contributed by atoms with Crippen molar-refractivity contribution >= 4 is 23.8 Å². The van der Waals surface area contributed by atoms with Gasteiger partial charge in [-0.25, -0.2) is 9.59 Å². The summed E-state index contributed by atoms with van der Waals surface area (Å²) in [5.41, 5.74) is 0. The molecule has 17 heavy (non-hydrogen) atoms. The molecule has 100 valence electrons. The summed E-state index contributed by atoms with van der Waals surface area (Å²) in [4.78, 5) is 23.4. The first kappa shape index (κ1) is 16.1. The molecular weight excluding hydrogens is 244 g/mol. The van der Waals surface area contributed by atoms with Crippen LogP contribution in [0.4, 0.5) is 4.79 Å². The van der Waals surface area contributed by atoms with Crippen LogP contribution in [0.5, 0.6) is 0 Å². The summed E-state index contributed by atoms with van der Waals surface area (Å²) in [7, 11) is 1.65. The lowest BCUT2D eigenvalue weighted by Crippen LogP contribution is -2.46. The first-order valence-corrected chi connectivity index (χ1v) is 6.70. The summed E-state index contributed by atoms with van der Waals surface area (Å²) in [6, 6.07) is -0.302. The van der Waals surface area contributed by atoms with Crippen molar-refractivity contribution in [2.75, 3.05) is 25.6 Å². The second-order valence-corrected chi connectivity index (χ2v) is 4.77. The molecule has 0 aromatic heterocycles. The molecule has 0 fully saturated rings. The van der Waals surface area contributed by atoms with Crippen LogP contribution >= 0.6 is 11.8 Å². The highest BCUT2D eigenvalue weighted by Gasteiger charge is 2.18. The van der Waals surface area contributed by atoms with Crippen LogP contribution in [0.1, 0.15) is 13.3 Å². The van der Waals surface area contributed by atoms with Gasteiger partial charge in [0.05, 0.1) is 6.54 Å². The Morgan fingerprint density at radius 2 is 2.06 bits per heavy atom. The van der Waals surface area contributed by atoms with Crippen LogP contribution in [0.2, 0.25) is 0 Å². The van der Waals surface area contributed by atoms with Crippen molar-refractivity contribution in [3.63, 3.8) is 0 Å². The van der Waals surface area contributed by atoms with Crippen molar-refractivity contribution in [3.05, 3.63) is 0 Å². The maximum atomic E-state index is 11.6. The Morgan fingerprint density at radius 1 is 1.47 bits per heavy atom. The van der Waals surface area contributed by atoms with Gasteiger partial charge >= 0.3 is 12.0 Å². The number of aliphatic carboxylic acids is 1. The van der Waals surface area contributed by atoms with Gasteiger partial charge in [-0.2, -0.15) is 11.8 Å². The van der Waals surface area contributed by atoms with Gasteiger partial charge in [0.2, 0.25) is 0 Å². The Balaban J connectivity index is 4.00. The van der Waals surface area contributed by atoms with Gasteiger partial charge in [-0.3, -0.25) is 0 Å². The van der Waals surface area contributed by atoms with Crippen LogP contribution in [0, 0.1) is 0 Å². The molecule has 7 heteroatoms. The van der Waals surface area contributed by atoms with E-state index in [1.165, 1.54) is 4.90 Å². The highest BCUT2D eigenvalue weighted by Crippen LogP contribution is 2.05. The molecule has 0 aliphatic carbocycles. The third-order valence-corrected chi connectivity index (χ3v) is 3.10. The second kappa shape index (κ2) is 8.19. The molecule has 0 rings (SSSR count). The number of amides is 2. The van der Waals surface area contributed by atoms with E-state index < -0.39 is 12.1 Å². The number of hydrogen-bond acceptors (Lipinski definition) is 4. The molecule has 0 spiro atoms. The molecule has 0 aliphatic rings. The number of urea groups is 1. The van der Waals surface area contributed by atoms with Gasteiger partial charge < -0.3 is 20.4 Å². The van der Waals surface area contributed by atoms with Gasteiger partial charge in [-0.05, 0) is 25.4 Å². The van der Waals surface area contributed by atoms with E-state index in [9.17, 15) is 9.59 Å². The van der Waals surface area contributed by atoms with E-state index in [2.05, 4.69) is 5.32 Å². The fourth-order valence-corrected chi connectivity index (χ4v) is 1.66. The minimum absolute atomic E-state index is 0.0735. The average molecular weight is 264 g/mol. The van der Waals surface area contributed by atoms with Crippen LogP contribution in [-0.4, -0.2) is 64.9 Å². The molecule has 2 atom stereocenters. The fourth-order valence-electron chi connectivity index (χ4n) is 1.08. The second-order valence-electron chi connectivity index (χ2n) is 3.78. The summed E-state index contributed by atoms with van der Waals surface area (Å²) >= 11 is 1.71. The average Bonchev–Trinajstić information content (AvgIpc) is 2.31. The van der Waals surface area contributed by atoms with Crippen molar-refractivity contribution in [3.8, 4) is 0 Å². The van der Waals surface area contributed by atoms with Gasteiger partial charge in [0.1, 0.15) is 0 Å². The van der Waals surface area contributed by atoms with Gasteiger partial charge in [0.15, 0.2) is 6.10 Å². The number of rotatable bonds is 7. The van der Waals surface area contributed by atoms with Crippen LogP contribution in [0.25, 0.3) is 0 Å². The predicted octanol–water partition coefficient (Wildman–Crippen LogP) is 0.215. The third kappa shape index (κ3) is 6.38. The van der Waals surface area contributed by atoms with E-state index in [-0.39, 0.29) is 18.6 Å². The first-order chi connectivity index (χ1) is 7.90. The summed E-state index contributed by atoms with van der Waals surface area (Å²) in [6.07, 6.45) is 1.30. The van der Waals surface area contributed by atoms with Crippen molar-refractivity contribution in [2.45, 2.75) is 25.5 Å². The molecule has 0 aliphatic heterocycles. The summed E-state index contributed by atoms with van der Waals surface area (Å²) < 4.78 is 0. The molecule has 0 aromatic carbocycles. The van der Waals surface area contributed by atoms with E-state index in [4.69, 9.17) is 10.2 Å². The topological polar surface area (TPSA) is 89.9 Å². The van der Waals surface area contributed by atoms with E-state index in [0.717, 1.165) is 12.2 Å². The number of carboxylic acids is 1. The number of hydrogen-bond donors (Lipinski definition) is 3. The van der Waals surface area contributed by atoms with Gasteiger partial charge in [-0.15, -0.1) is 0 Å². The number of carboxylic acid groups (broad SMARTS) is 1. The monoisotopic (exact) mass is 264 g/mol. The number of aliphatic hydroxyl groups excluding tert-OH is 1. The quantitative estimate of drug-likeness (QED) is 0.612. The number of nitrogens with one attached hydrogen (secondary N) is 1. The van der Waals surface area contributed by atoms with Crippen molar-refractivity contribution < 1.29 is 19.8 Å². The number of carbonyl (C=O) groups excluding carboxylic acids is 1. The molecule has 0 aromatic rings. The molecular formula is C10H20N2O4S. The molecule has 2 unspecified atom stereocenters. The predicted molar refractivity (Wildman–Crippen MR) is 67.3 cm³/mol. The zero-order valence-corrected chi connectivity index (χ0v) is 11.2. The lowest BCUT2D eigenvalue weighted by atomic mass is 10.2. The number of carbonyl (C=O) groups is 2. The molecule has 0 saturated heterocycles. The maximum absolute atomic E-state index is 11.6. The molecule has 3 N–H and O–H groups in total. The van der Waals surface area contributed by atoms with Crippen LogP contribution < -0.4 is 5.32 Å². The zero-order valence-electron chi connectivity index (χ0n) is 10.3. The highest BCUT2D eigenvalue weighted by atomic mass is 32.2. The first-order valence-electron chi connectivity index (χ1n) is 5.30. The SMILES string of the molecule is CSCCC(C)N(C)C(=O)NCC(O)C(=O)O. The Hall–Kier alpha value is -0.950. The lowest BCUT2D eigenvalue weighted by molar-refractivity contribution is -0.146.